The van der Waals surface area contributed by atoms with Gasteiger partial charge >= 0.3 is 0 Å². The van der Waals surface area contributed by atoms with Crippen molar-refractivity contribution in [3.8, 4) is 0 Å². The Morgan fingerprint density at radius 3 is 2.54 bits per heavy atom. The van der Waals surface area contributed by atoms with Crippen LogP contribution < -0.4 is 0 Å². The van der Waals surface area contributed by atoms with Crippen LogP contribution in [0, 0.1) is 17.0 Å². The molecule has 0 radical (unpaired) electrons. The Morgan fingerprint density at radius 2 is 2.08 bits per heavy atom. The molecule has 0 heterocycles. The summed E-state index contributed by atoms with van der Waals surface area (Å²) < 4.78 is 21.1. The minimum absolute atomic E-state index is 0.0331. The van der Waals surface area contributed by atoms with Crippen molar-refractivity contribution >= 4 is 16.8 Å². The first-order valence-electron chi connectivity index (χ1n) is 3.36. The van der Waals surface area contributed by atoms with E-state index in [-0.39, 0.29) is 10.6 Å². The van der Waals surface area contributed by atoms with Gasteiger partial charge in [0, 0.05) is 17.0 Å². The summed E-state index contributed by atoms with van der Waals surface area (Å²) in [6.07, 6.45) is 0. The van der Waals surface area contributed by atoms with Gasteiger partial charge in [-0.15, -0.1) is 0 Å². The Hall–Kier alpha value is -1.27. The van der Waals surface area contributed by atoms with Gasteiger partial charge in [-0.05, 0) is 23.6 Å². The lowest BCUT2D eigenvalue weighted by molar-refractivity contribution is -0.385. The zero-order chi connectivity index (χ0) is 10.0. The molecule has 0 aliphatic carbocycles. The van der Waals surface area contributed by atoms with Gasteiger partial charge in [-0.3, -0.25) is 14.3 Å². The molecule has 0 N–H and O–H groups in total. The molecule has 1 atom stereocenters. The van der Waals surface area contributed by atoms with E-state index in [1.165, 1.54) is 12.1 Å². The van der Waals surface area contributed by atoms with E-state index in [9.17, 15) is 18.9 Å². The van der Waals surface area contributed by atoms with Crippen LogP contribution in [0.5, 0.6) is 0 Å². The summed E-state index contributed by atoms with van der Waals surface area (Å²) >= 11 is -2.42. The molecular formula is C7H6NO4S-. The minimum Gasteiger partial charge on any atom is -0.768 e. The van der Waals surface area contributed by atoms with E-state index in [0.717, 1.165) is 6.07 Å². The van der Waals surface area contributed by atoms with E-state index in [0.29, 0.717) is 5.56 Å². The van der Waals surface area contributed by atoms with E-state index in [1.54, 1.807) is 6.92 Å². The fourth-order valence-corrected chi connectivity index (χ4v) is 1.43. The lowest BCUT2D eigenvalue weighted by Crippen LogP contribution is -1.95. The fourth-order valence-electron chi connectivity index (χ4n) is 0.882. The third-order valence-corrected chi connectivity index (χ3v) is 2.36. The Labute approximate surface area is 76.8 Å². The maximum atomic E-state index is 10.6. The zero-order valence-corrected chi connectivity index (χ0v) is 7.54. The Kier molecular flexibility index (Phi) is 2.74. The number of hydrogen-bond donors (Lipinski definition) is 0. The number of non-ortho nitro benzene ring substituents is 1. The van der Waals surface area contributed by atoms with Gasteiger partial charge in [0.05, 0.1) is 4.92 Å². The maximum Gasteiger partial charge on any atom is 0.270 e. The average molecular weight is 200 g/mol. The first-order chi connectivity index (χ1) is 6.02. The summed E-state index contributed by atoms with van der Waals surface area (Å²) in [7, 11) is 0. The van der Waals surface area contributed by atoms with E-state index >= 15 is 0 Å². The van der Waals surface area contributed by atoms with Gasteiger partial charge < -0.3 is 4.55 Å². The van der Waals surface area contributed by atoms with Crippen molar-refractivity contribution in [2.75, 3.05) is 0 Å². The Bertz CT molecular complexity index is 377. The zero-order valence-electron chi connectivity index (χ0n) is 6.72. The predicted octanol–water partition coefficient (Wildman–Crippen LogP) is 1.14. The van der Waals surface area contributed by atoms with Crippen molar-refractivity contribution in [3.05, 3.63) is 33.9 Å². The minimum atomic E-state index is -2.42. The monoisotopic (exact) mass is 200 g/mol. The highest BCUT2D eigenvalue weighted by molar-refractivity contribution is 7.79. The van der Waals surface area contributed by atoms with Crippen LogP contribution >= 0.6 is 0 Å². The quantitative estimate of drug-likeness (QED) is 0.407. The lowest BCUT2D eigenvalue weighted by atomic mass is 10.2. The van der Waals surface area contributed by atoms with Crippen LogP contribution in [0.2, 0.25) is 0 Å². The van der Waals surface area contributed by atoms with Crippen LogP contribution in [0.4, 0.5) is 5.69 Å². The number of rotatable bonds is 2. The molecule has 0 bridgehead atoms. The van der Waals surface area contributed by atoms with Crippen molar-refractivity contribution in [1.82, 2.24) is 0 Å². The Morgan fingerprint density at radius 1 is 1.46 bits per heavy atom. The van der Waals surface area contributed by atoms with Crippen molar-refractivity contribution in [2.24, 2.45) is 0 Å². The smallest absolute Gasteiger partial charge is 0.270 e. The van der Waals surface area contributed by atoms with Gasteiger partial charge in [0.15, 0.2) is 0 Å². The first kappa shape index (κ1) is 9.82. The summed E-state index contributed by atoms with van der Waals surface area (Å²) in [5.74, 6) is 0. The SMILES string of the molecule is Cc1ccc([N+](=O)[O-])cc1S(=O)[O-]. The van der Waals surface area contributed by atoms with Crippen LogP contribution in [0.25, 0.3) is 0 Å². The van der Waals surface area contributed by atoms with Crippen LogP contribution in [0.3, 0.4) is 0 Å². The second-order valence-electron chi connectivity index (χ2n) is 2.44. The van der Waals surface area contributed by atoms with E-state index < -0.39 is 16.0 Å². The molecule has 6 heteroatoms. The number of benzene rings is 1. The summed E-state index contributed by atoms with van der Waals surface area (Å²) in [5, 5.41) is 10.3. The van der Waals surface area contributed by atoms with Crippen LogP contribution in [-0.2, 0) is 11.1 Å². The van der Waals surface area contributed by atoms with E-state index in [4.69, 9.17) is 0 Å². The molecule has 0 amide bonds. The molecule has 0 aliphatic rings. The predicted molar refractivity (Wildman–Crippen MR) is 45.0 cm³/mol. The summed E-state index contributed by atoms with van der Waals surface area (Å²) in [5.41, 5.74) is 0.281. The van der Waals surface area contributed by atoms with Crippen molar-refractivity contribution < 1.29 is 13.7 Å². The molecule has 70 valence electrons. The summed E-state index contributed by atoms with van der Waals surface area (Å²) in [4.78, 5) is 9.63. The van der Waals surface area contributed by atoms with Crippen molar-refractivity contribution in [2.45, 2.75) is 11.8 Å². The van der Waals surface area contributed by atoms with Gasteiger partial charge in [-0.1, -0.05) is 6.07 Å². The van der Waals surface area contributed by atoms with Gasteiger partial charge in [0.1, 0.15) is 0 Å². The van der Waals surface area contributed by atoms with Crippen LogP contribution in [-0.4, -0.2) is 13.7 Å². The molecule has 13 heavy (non-hydrogen) atoms. The van der Waals surface area contributed by atoms with Gasteiger partial charge in [-0.2, -0.15) is 0 Å². The summed E-state index contributed by atoms with van der Waals surface area (Å²) in [6, 6.07) is 3.72. The number of aryl methyl sites for hydroxylation is 1. The van der Waals surface area contributed by atoms with Crippen LogP contribution in [0.1, 0.15) is 5.56 Å². The standard InChI is InChI=1S/C7H7NO4S/c1-5-2-3-6(8(9)10)4-7(5)13(11)12/h2-4H,1H3,(H,11,12)/p-1. The number of nitro benzene ring substituents is 1. The largest absolute Gasteiger partial charge is 0.768 e. The molecule has 0 aliphatic heterocycles. The van der Waals surface area contributed by atoms with Gasteiger partial charge in [-0.25, -0.2) is 0 Å². The van der Waals surface area contributed by atoms with E-state index in [2.05, 4.69) is 0 Å². The van der Waals surface area contributed by atoms with Gasteiger partial charge in [0.25, 0.3) is 5.69 Å². The highest BCUT2D eigenvalue weighted by Crippen LogP contribution is 2.19. The lowest BCUT2D eigenvalue weighted by Gasteiger charge is -2.07. The third-order valence-electron chi connectivity index (χ3n) is 1.56. The topological polar surface area (TPSA) is 83.3 Å². The highest BCUT2D eigenvalue weighted by Gasteiger charge is 2.08. The normalized spacial score (nSPS) is 12.5. The molecule has 5 nitrogen and oxygen atoms in total. The molecule has 0 saturated heterocycles. The molecular weight excluding hydrogens is 194 g/mol. The molecule has 1 rings (SSSR count). The number of hydrogen-bond acceptors (Lipinski definition) is 4. The molecule has 0 spiro atoms. The molecule has 1 unspecified atom stereocenters. The number of nitrogens with zero attached hydrogens (tertiary/aromatic N) is 1. The molecule has 0 fully saturated rings. The molecule has 1 aromatic rings. The second kappa shape index (κ2) is 3.63. The van der Waals surface area contributed by atoms with E-state index in [1.807, 2.05) is 0 Å². The first-order valence-corrected chi connectivity index (χ1v) is 4.44. The van der Waals surface area contributed by atoms with Crippen molar-refractivity contribution in [1.29, 1.82) is 0 Å². The average Bonchev–Trinajstić information content (AvgIpc) is 2.04. The van der Waals surface area contributed by atoms with Crippen LogP contribution in [0.15, 0.2) is 23.1 Å². The fraction of sp³-hybridized carbons (Fsp3) is 0.143. The summed E-state index contributed by atoms with van der Waals surface area (Å²) in [6.45, 7) is 1.58. The van der Waals surface area contributed by atoms with Crippen molar-refractivity contribution in [3.63, 3.8) is 0 Å². The molecule has 0 aromatic heterocycles. The van der Waals surface area contributed by atoms with Gasteiger partial charge in [0.2, 0.25) is 0 Å². The number of nitro groups is 1. The Balaban J connectivity index is 3.27. The second-order valence-corrected chi connectivity index (χ2v) is 3.35. The maximum absolute atomic E-state index is 10.6. The molecule has 1 aromatic carbocycles. The highest BCUT2D eigenvalue weighted by atomic mass is 32.2. The third kappa shape index (κ3) is 2.10. The molecule has 0 saturated carbocycles.